The van der Waals surface area contributed by atoms with E-state index in [1.165, 1.54) is 17.8 Å². The largest absolute Gasteiger partial charge is 0.457 e. The van der Waals surface area contributed by atoms with Crippen molar-refractivity contribution in [3.8, 4) is 11.5 Å². The van der Waals surface area contributed by atoms with Crippen LogP contribution in [0.25, 0.3) is 6.08 Å². The summed E-state index contributed by atoms with van der Waals surface area (Å²) >= 11 is 13.8. The number of thioether (sulfide) groups is 1. The Bertz CT molecular complexity index is 2180. The lowest BCUT2D eigenvalue weighted by molar-refractivity contribution is -0.116. The van der Waals surface area contributed by atoms with Crippen molar-refractivity contribution in [2.45, 2.75) is 10.1 Å². The highest BCUT2D eigenvalue weighted by Crippen LogP contribution is 2.37. The highest BCUT2D eigenvalue weighted by molar-refractivity contribution is 8.00. The molecule has 0 saturated heterocycles. The number of halogens is 2. The van der Waals surface area contributed by atoms with Gasteiger partial charge in [-0.3, -0.25) is 14.4 Å². The van der Waals surface area contributed by atoms with Gasteiger partial charge in [0.15, 0.2) is 0 Å². The topological polar surface area (TPSA) is 96.5 Å². The quantitative estimate of drug-likeness (QED) is 0.0856. The molecule has 258 valence electrons. The maximum Gasteiger partial charge on any atom is 0.272 e. The van der Waals surface area contributed by atoms with Crippen LogP contribution in [0.2, 0.25) is 10.0 Å². The molecule has 0 aliphatic carbocycles. The van der Waals surface area contributed by atoms with E-state index in [1.54, 1.807) is 84.9 Å². The Morgan fingerprint density at radius 3 is 1.87 bits per heavy atom. The highest BCUT2D eigenvalue weighted by atomic mass is 35.5. The van der Waals surface area contributed by atoms with Crippen LogP contribution in [0.3, 0.4) is 0 Å². The summed E-state index contributed by atoms with van der Waals surface area (Å²) in [7, 11) is 0. The highest BCUT2D eigenvalue weighted by Gasteiger charge is 2.23. The van der Waals surface area contributed by atoms with Gasteiger partial charge in [-0.1, -0.05) is 96.0 Å². The van der Waals surface area contributed by atoms with E-state index >= 15 is 0 Å². The molecular formula is C42H31Cl2N3O4S. The molecule has 6 rings (SSSR count). The number of para-hydroxylation sites is 1. The molecule has 6 aromatic carbocycles. The number of nitrogens with one attached hydrogen (secondary N) is 3. The van der Waals surface area contributed by atoms with E-state index < -0.39 is 17.1 Å². The second-order valence-electron chi connectivity index (χ2n) is 11.4. The van der Waals surface area contributed by atoms with Gasteiger partial charge in [-0.25, -0.2) is 0 Å². The summed E-state index contributed by atoms with van der Waals surface area (Å²) in [5.74, 6) is 0.161. The zero-order valence-corrected chi connectivity index (χ0v) is 29.8. The minimum atomic E-state index is -0.575. The molecule has 3 N–H and O–H groups in total. The van der Waals surface area contributed by atoms with E-state index in [9.17, 15) is 14.4 Å². The van der Waals surface area contributed by atoms with E-state index in [0.29, 0.717) is 38.3 Å². The normalized spacial score (nSPS) is 11.6. The van der Waals surface area contributed by atoms with Crippen LogP contribution in [0, 0.1) is 0 Å². The molecule has 3 amide bonds. The summed E-state index contributed by atoms with van der Waals surface area (Å²) < 4.78 is 5.88. The minimum absolute atomic E-state index is 0.0167. The Hall–Kier alpha value is -5.80. The molecule has 0 aromatic heterocycles. The summed E-state index contributed by atoms with van der Waals surface area (Å²) in [5.41, 5.74) is 2.81. The maximum atomic E-state index is 13.7. The summed E-state index contributed by atoms with van der Waals surface area (Å²) in [6, 6.07) is 46.7. The number of benzene rings is 6. The van der Waals surface area contributed by atoms with Crippen molar-refractivity contribution in [3.05, 3.63) is 190 Å². The summed E-state index contributed by atoms with van der Waals surface area (Å²) in [6.07, 6.45) is 1.49. The number of amides is 3. The van der Waals surface area contributed by atoms with E-state index in [-0.39, 0.29) is 11.6 Å². The van der Waals surface area contributed by atoms with Gasteiger partial charge in [0.1, 0.15) is 22.4 Å². The van der Waals surface area contributed by atoms with Crippen molar-refractivity contribution in [1.29, 1.82) is 0 Å². The molecule has 52 heavy (non-hydrogen) atoms. The standard InChI is InChI=1S/C42H31Cl2N3O4S/c43-31-17-16-30(37(44)27-31)26-38(47-40(48)29-12-6-2-7-13-29)41(49)45-33-20-24-36(25-21-33)52-39(28-10-4-1-5-11-28)42(50)46-32-18-22-35(23-19-32)51-34-14-8-3-9-15-34/h1-27,39H,(H,45,49)(H,46,50)(H,47,48)/b38-26-. The van der Waals surface area contributed by atoms with Crippen LogP contribution in [0.15, 0.2) is 168 Å². The molecule has 0 bridgehead atoms. The zero-order chi connectivity index (χ0) is 36.3. The van der Waals surface area contributed by atoms with Gasteiger partial charge in [0.25, 0.3) is 11.8 Å². The third-order valence-corrected chi connectivity index (χ3v) is 9.43. The van der Waals surface area contributed by atoms with Crippen molar-refractivity contribution in [1.82, 2.24) is 5.32 Å². The molecule has 7 nitrogen and oxygen atoms in total. The number of hydrogen-bond donors (Lipinski definition) is 3. The van der Waals surface area contributed by atoms with E-state index in [4.69, 9.17) is 27.9 Å². The lowest BCUT2D eigenvalue weighted by atomic mass is 10.1. The molecule has 10 heteroatoms. The Balaban J connectivity index is 1.16. The first-order valence-electron chi connectivity index (χ1n) is 16.1. The predicted molar refractivity (Wildman–Crippen MR) is 210 cm³/mol. The van der Waals surface area contributed by atoms with Gasteiger partial charge in [-0.15, -0.1) is 11.8 Å². The van der Waals surface area contributed by atoms with Gasteiger partial charge in [-0.05, 0) is 102 Å². The monoisotopic (exact) mass is 743 g/mol. The molecule has 0 aliphatic rings. The molecule has 1 atom stereocenters. The second-order valence-corrected chi connectivity index (χ2v) is 13.4. The van der Waals surface area contributed by atoms with Gasteiger partial charge in [0, 0.05) is 31.9 Å². The number of anilines is 2. The number of carbonyl (C=O) groups is 3. The van der Waals surface area contributed by atoms with Crippen molar-refractivity contribution >= 4 is 70.1 Å². The predicted octanol–water partition coefficient (Wildman–Crippen LogP) is 10.7. The van der Waals surface area contributed by atoms with Crippen LogP contribution in [0.4, 0.5) is 11.4 Å². The average molecular weight is 745 g/mol. The van der Waals surface area contributed by atoms with Gasteiger partial charge in [0.2, 0.25) is 5.91 Å². The van der Waals surface area contributed by atoms with E-state index in [1.807, 2.05) is 72.8 Å². The fourth-order valence-electron chi connectivity index (χ4n) is 5.01. The minimum Gasteiger partial charge on any atom is -0.457 e. The first-order valence-corrected chi connectivity index (χ1v) is 17.7. The van der Waals surface area contributed by atoms with Gasteiger partial charge >= 0.3 is 0 Å². The fourth-order valence-corrected chi connectivity index (χ4v) is 6.49. The smallest absolute Gasteiger partial charge is 0.272 e. The number of rotatable bonds is 12. The van der Waals surface area contributed by atoms with E-state index in [2.05, 4.69) is 16.0 Å². The molecule has 6 aromatic rings. The third-order valence-electron chi connectivity index (χ3n) is 7.60. The first-order chi connectivity index (χ1) is 25.3. The van der Waals surface area contributed by atoms with E-state index in [0.717, 1.165) is 16.2 Å². The van der Waals surface area contributed by atoms with Crippen LogP contribution in [-0.4, -0.2) is 17.7 Å². The molecule has 1 unspecified atom stereocenters. The third kappa shape index (κ3) is 9.92. The average Bonchev–Trinajstić information content (AvgIpc) is 3.17. The Kier molecular flexibility index (Phi) is 12.1. The van der Waals surface area contributed by atoms with Crippen LogP contribution >= 0.6 is 35.0 Å². The lowest BCUT2D eigenvalue weighted by Gasteiger charge is -2.18. The summed E-state index contributed by atoms with van der Waals surface area (Å²) in [5, 5.41) is 8.77. The SMILES string of the molecule is O=C(Nc1ccc(SC(C(=O)Nc2ccc(Oc3ccccc3)cc2)c2ccccc2)cc1)/C(=C/c1ccc(Cl)cc1Cl)NC(=O)c1ccccc1. The van der Waals surface area contributed by atoms with Crippen molar-refractivity contribution < 1.29 is 19.1 Å². The zero-order valence-electron chi connectivity index (χ0n) is 27.5. The van der Waals surface area contributed by atoms with Gasteiger partial charge in [-0.2, -0.15) is 0 Å². The summed E-state index contributed by atoms with van der Waals surface area (Å²) in [4.78, 5) is 41.1. The first kappa shape index (κ1) is 36.0. The number of carbonyl (C=O) groups excluding carboxylic acids is 3. The summed E-state index contributed by atoms with van der Waals surface area (Å²) in [6.45, 7) is 0. The maximum absolute atomic E-state index is 13.7. The van der Waals surface area contributed by atoms with Crippen LogP contribution in [0.5, 0.6) is 11.5 Å². The van der Waals surface area contributed by atoms with Crippen LogP contribution in [-0.2, 0) is 9.59 Å². The molecular weight excluding hydrogens is 713 g/mol. The van der Waals surface area contributed by atoms with Crippen molar-refractivity contribution in [3.63, 3.8) is 0 Å². The lowest BCUT2D eigenvalue weighted by Crippen LogP contribution is -2.30. The second kappa shape index (κ2) is 17.4. The van der Waals surface area contributed by atoms with Crippen molar-refractivity contribution in [2.24, 2.45) is 0 Å². The molecule has 0 radical (unpaired) electrons. The number of hydrogen-bond acceptors (Lipinski definition) is 5. The van der Waals surface area contributed by atoms with Crippen molar-refractivity contribution in [2.75, 3.05) is 10.6 Å². The fraction of sp³-hybridized carbons (Fsp3) is 0.0238. The molecule has 0 spiro atoms. The molecule has 0 saturated carbocycles. The van der Waals surface area contributed by atoms with Gasteiger partial charge in [0.05, 0.1) is 0 Å². The van der Waals surface area contributed by atoms with Crippen LogP contribution in [0.1, 0.15) is 26.7 Å². The molecule has 0 aliphatic heterocycles. The van der Waals surface area contributed by atoms with Crippen LogP contribution < -0.4 is 20.7 Å². The van der Waals surface area contributed by atoms with Gasteiger partial charge < -0.3 is 20.7 Å². The Morgan fingerprint density at radius 2 is 1.21 bits per heavy atom. The molecule has 0 heterocycles. The molecule has 0 fully saturated rings. The Morgan fingerprint density at radius 1 is 0.635 bits per heavy atom. The Labute approximate surface area is 315 Å². The number of ether oxygens (including phenoxy) is 1.